The van der Waals surface area contributed by atoms with Gasteiger partial charge in [0.15, 0.2) is 0 Å². The normalized spacial score (nSPS) is 21.5. The van der Waals surface area contributed by atoms with Gasteiger partial charge in [-0.05, 0) is 38.0 Å². The van der Waals surface area contributed by atoms with Crippen LogP contribution in [0.3, 0.4) is 0 Å². The number of methoxy groups -OCH3 is 1. The van der Waals surface area contributed by atoms with Crippen molar-refractivity contribution in [3.05, 3.63) is 34.9 Å². The van der Waals surface area contributed by atoms with Crippen LogP contribution in [0.15, 0.2) is 24.3 Å². The minimum Gasteiger partial charge on any atom is -0.481 e. The van der Waals surface area contributed by atoms with E-state index in [9.17, 15) is 14.7 Å². The molecule has 6 heteroatoms. The number of amides is 1. The lowest BCUT2D eigenvalue weighted by atomic mass is 9.83. The molecule has 1 amide bonds. The van der Waals surface area contributed by atoms with Gasteiger partial charge in [0.2, 0.25) is 5.91 Å². The second kappa shape index (κ2) is 6.49. The number of carbonyl (C=O) groups excluding carboxylic acids is 1. The first-order valence-electron chi connectivity index (χ1n) is 7.51. The number of nitrogens with zero attached hydrogens (tertiary/aromatic N) is 1. The van der Waals surface area contributed by atoms with Crippen molar-refractivity contribution in [2.45, 2.75) is 25.7 Å². The number of rotatable bonds is 5. The molecular formula is C17H22ClNO4. The highest BCUT2D eigenvalue weighted by Gasteiger charge is 2.48. The Kier molecular flexibility index (Phi) is 5.01. The standard InChI is InChI=1S/C17H22ClNO4/c1-16(2,12-5-4-6-13(18)9-12)14(20)19-8-7-17(10-19,11-23-3)15(21)22/h4-6,9H,7-8,10-11H2,1-3H3,(H,21,22). The second-order valence-corrected chi connectivity index (χ2v) is 7.07. The van der Waals surface area contributed by atoms with Gasteiger partial charge in [-0.15, -0.1) is 0 Å². The number of carbonyl (C=O) groups is 2. The highest BCUT2D eigenvalue weighted by Crippen LogP contribution is 2.35. The molecule has 1 atom stereocenters. The van der Waals surface area contributed by atoms with E-state index in [-0.39, 0.29) is 19.1 Å². The van der Waals surface area contributed by atoms with Gasteiger partial charge in [-0.25, -0.2) is 0 Å². The molecule has 0 aliphatic carbocycles. The third kappa shape index (κ3) is 3.35. The van der Waals surface area contributed by atoms with Crippen molar-refractivity contribution in [3.63, 3.8) is 0 Å². The van der Waals surface area contributed by atoms with Crippen molar-refractivity contribution in [1.82, 2.24) is 4.90 Å². The third-order valence-electron chi connectivity index (χ3n) is 4.60. The van der Waals surface area contributed by atoms with Gasteiger partial charge >= 0.3 is 5.97 Å². The van der Waals surface area contributed by atoms with E-state index in [1.807, 2.05) is 26.0 Å². The largest absolute Gasteiger partial charge is 0.481 e. The van der Waals surface area contributed by atoms with Gasteiger partial charge < -0.3 is 14.7 Å². The molecule has 2 rings (SSSR count). The molecule has 126 valence electrons. The summed E-state index contributed by atoms with van der Waals surface area (Å²) in [5, 5.41) is 10.1. The number of benzene rings is 1. The molecule has 1 N–H and O–H groups in total. The molecule has 1 aromatic rings. The zero-order valence-corrected chi connectivity index (χ0v) is 14.4. The van der Waals surface area contributed by atoms with Crippen LogP contribution in [0.4, 0.5) is 0 Å². The van der Waals surface area contributed by atoms with Gasteiger partial charge in [-0.3, -0.25) is 9.59 Å². The van der Waals surface area contributed by atoms with Crippen LogP contribution < -0.4 is 0 Å². The number of halogens is 1. The number of carboxylic acids is 1. The fraction of sp³-hybridized carbons (Fsp3) is 0.529. The predicted octanol–water partition coefficient (Wildman–Crippen LogP) is 2.57. The van der Waals surface area contributed by atoms with Crippen LogP contribution in [0.25, 0.3) is 0 Å². The minimum atomic E-state index is -1.02. The number of hydrogen-bond donors (Lipinski definition) is 1. The monoisotopic (exact) mass is 339 g/mol. The average molecular weight is 340 g/mol. The molecule has 1 aromatic carbocycles. The van der Waals surface area contributed by atoms with Crippen molar-refractivity contribution in [2.24, 2.45) is 5.41 Å². The summed E-state index contributed by atoms with van der Waals surface area (Å²) in [5.74, 6) is -1.02. The van der Waals surface area contributed by atoms with Gasteiger partial charge in [-0.1, -0.05) is 23.7 Å². The zero-order valence-electron chi connectivity index (χ0n) is 13.6. The van der Waals surface area contributed by atoms with Gasteiger partial charge in [0.25, 0.3) is 0 Å². The Morgan fingerprint density at radius 3 is 2.70 bits per heavy atom. The average Bonchev–Trinajstić information content (AvgIpc) is 2.92. The highest BCUT2D eigenvalue weighted by molar-refractivity contribution is 6.30. The molecule has 0 radical (unpaired) electrons. The van der Waals surface area contributed by atoms with Crippen molar-refractivity contribution in [1.29, 1.82) is 0 Å². The van der Waals surface area contributed by atoms with Crippen molar-refractivity contribution < 1.29 is 19.4 Å². The maximum atomic E-state index is 12.9. The Morgan fingerprint density at radius 1 is 1.43 bits per heavy atom. The fourth-order valence-corrected chi connectivity index (χ4v) is 3.26. The van der Waals surface area contributed by atoms with E-state index in [1.165, 1.54) is 7.11 Å². The summed E-state index contributed by atoms with van der Waals surface area (Å²) in [6.45, 7) is 4.34. The molecule has 1 heterocycles. The highest BCUT2D eigenvalue weighted by atomic mass is 35.5. The lowest BCUT2D eigenvalue weighted by molar-refractivity contribution is -0.152. The van der Waals surface area contributed by atoms with Gasteiger partial charge in [0.05, 0.1) is 12.0 Å². The molecule has 0 saturated carbocycles. The molecule has 1 unspecified atom stereocenters. The zero-order chi connectivity index (χ0) is 17.3. The molecule has 1 aliphatic heterocycles. The van der Waals surface area contributed by atoms with Crippen LogP contribution in [0.5, 0.6) is 0 Å². The summed E-state index contributed by atoms with van der Waals surface area (Å²) in [6, 6.07) is 7.20. The lowest BCUT2D eigenvalue weighted by Crippen LogP contribution is -2.45. The Labute approximate surface area is 141 Å². The van der Waals surface area contributed by atoms with Crippen molar-refractivity contribution in [3.8, 4) is 0 Å². The molecule has 5 nitrogen and oxygen atoms in total. The summed E-state index contributed by atoms with van der Waals surface area (Å²) in [7, 11) is 1.48. The molecular weight excluding hydrogens is 318 g/mol. The summed E-state index contributed by atoms with van der Waals surface area (Å²) in [5.41, 5.74) is -0.976. The molecule has 0 aromatic heterocycles. The van der Waals surface area contributed by atoms with E-state index in [0.29, 0.717) is 18.0 Å². The maximum Gasteiger partial charge on any atom is 0.313 e. The minimum absolute atomic E-state index is 0.0982. The molecule has 1 fully saturated rings. The van der Waals surface area contributed by atoms with Crippen molar-refractivity contribution >= 4 is 23.5 Å². The van der Waals surface area contributed by atoms with Crippen LogP contribution in [-0.4, -0.2) is 48.7 Å². The molecule has 1 saturated heterocycles. The molecule has 0 spiro atoms. The van der Waals surface area contributed by atoms with Gasteiger partial charge in [0, 0.05) is 25.2 Å². The number of aliphatic carboxylic acids is 1. The first kappa shape index (κ1) is 17.8. The summed E-state index contributed by atoms with van der Waals surface area (Å²) in [6.07, 6.45) is 0.396. The Hall–Kier alpha value is -1.59. The first-order chi connectivity index (χ1) is 10.7. The number of ether oxygens (including phenoxy) is 1. The fourth-order valence-electron chi connectivity index (χ4n) is 3.07. The molecule has 23 heavy (non-hydrogen) atoms. The third-order valence-corrected chi connectivity index (χ3v) is 4.83. The van der Waals surface area contributed by atoms with Crippen LogP contribution in [0, 0.1) is 5.41 Å². The summed E-state index contributed by atoms with van der Waals surface area (Å²) < 4.78 is 5.07. The van der Waals surface area contributed by atoms with Crippen LogP contribution in [-0.2, 0) is 19.7 Å². The number of carboxylic acid groups (broad SMARTS) is 1. The molecule has 0 bridgehead atoms. The Morgan fingerprint density at radius 2 is 2.13 bits per heavy atom. The number of hydrogen-bond acceptors (Lipinski definition) is 3. The van der Waals surface area contributed by atoms with E-state index in [4.69, 9.17) is 16.3 Å². The topological polar surface area (TPSA) is 66.8 Å². The van der Waals surface area contributed by atoms with Gasteiger partial charge in [-0.2, -0.15) is 0 Å². The molecule has 1 aliphatic rings. The van der Waals surface area contributed by atoms with Gasteiger partial charge in [0.1, 0.15) is 5.41 Å². The van der Waals surface area contributed by atoms with E-state index in [0.717, 1.165) is 5.56 Å². The Balaban J connectivity index is 2.22. The first-order valence-corrected chi connectivity index (χ1v) is 7.88. The SMILES string of the molecule is COCC1(C(=O)O)CCN(C(=O)C(C)(C)c2cccc(Cl)c2)C1. The quantitative estimate of drug-likeness (QED) is 0.895. The second-order valence-electron chi connectivity index (χ2n) is 6.63. The lowest BCUT2D eigenvalue weighted by Gasteiger charge is -2.31. The van der Waals surface area contributed by atoms with E-state index in [1.54, 1.807) is 17.0 Å². The summed E-state index contributed by atoms with van der Waals surface area (Å²) >= 11 is 6.02. The maximum absolute atomic E-state index is 12.9. The summed E-state index contributed by atoms with van der Waals surface area (Å²) in [4.78, 5) is 26.2. The van der Waals surface area contributed by atoms with Crippen LogP contribution in [0.2, 0.25) is 5.02 Å². The van der Waals surface area contributed by atoms with E-state index < -0.39 is 16.8 Å². The van der Waals surface area contributed by atoms with E-state index >= 15 is 0 Å². The number of likely N-dealkylation sites (tertiary alicyclic amines) is 1. The van der Waals surface area contributed by atoms with Crippen LogP contribution >= 0.6 is 11.6 Å². The predicted molar refractivity (Wildman–Crippen MR) is 87.6 cm³/mol. The smallest absolute Gasteiger partial charge is 0.313 e. The Bertz CT molecular complexity index is 616. The van der Waals surface area contributed by atoms with Crippen LogP contribution in [0.1, 0.15) is 25.8 Å². The van der Waals surface area contributed by atoms with E-state index in [2.05, 4.69) is 0 Å². The van der Waals surface area contributed by atoms with Crippen molar-refractivity contribution in [2.75, 3.05) is 26.8 Å².